The maximum absolute atomic E-state index is 11.2. The number of nitrogens with two attached hydrogens (primary N) is 1. The first-order valence-electron chi connectivity index (χ1n) is 4.99. The molecule has 0 saturated carbocycles. The van der Waals surface area contributed by atoms with Crippen LogP contribution in [0.4, 0.5) is 10.5 Å². The highest BCUT2D eigenvalue weighted by molar-refractivity contribution is 5.95. The number of nitrogens with one attached hydrogen (secondary N) is 2. The van der Waals surface area contributed by atoms with Gasteiger partial charge in [-0.2, -0.15) is 0 Å². The highest BCUT2D eigenvalue weighted by atomic mass is 16.2. The van der Waals surface area contributed by atoms with Gasteiger partial charge in [-0.3, -0.25) is 4.79 Å². The van der Waals surface area contributed by atoms with Gasteiger partial charge in [0.05, 0.1) is 0 Å². The highest BCUT2D eigenvalue weighted by Gasteiger charge is 2.01. The number of ketones is 1. The molecule has 0 aliphatic heterocycles. The molecule has 0 bridgehead atoms. The Labute approximate surface area is 94.0 Å². The van der Waals surface area contributed by atoms with Crippen molar-refractivity contribution in [1.29, 1.82) is 0 Å². The van der Waals surface area contributed by atoms with Crippen LogP contribution in [0.5, 0.6) is 0 Å². The minimum absolute atomic E-state index is 0.000803. The predicted molar refractivity (Wildman–Crippen MR) is 62.5 cm³/mol. The molecule has 5 nitrogen and oxygen atoms in total. The fourth-order valence-electron chi connectivity index (χ4n) is 1.15. The number of urea groups is 1. The summed E-state index contributed by atoms with van der Waals surface area (Å²) in [6, 6.07) is 6.39. The average Bonchev–Trinajstić information content (AvgIpc) is 2.27. The van der Waals surface area contributed by atoms with E-state index in [-0.39, 0.29) is 11.8 Å². The van der Waals surface area contributed by atoms with Gasteiger partial charge in [0.1, 0.15) is 0 Å². The Hall–Kier alpha value is -1.88. The fourth-order valence-corrected chi connectivity index (χ4v) is 1.15. The van der Waals surface area contributed by atoms with Crippen LogP contribution in [-0.4, -0.2) is 24.9 Å². The van der Waals surface area contributed by atoms with Crippen molar-refractivity contribution in [3.63, 3.8) is 0 Å². The summed E-state index contributed by atoms with van der Waals surface area (Å²) < 4.78 is 0. The molecule has 1 aromatic rings. The van der Waals surface area contributed by atoms with Gasteiger partial charge in [0.2, 0.25) is 0 Å². The number of amides is 2. The summed E-state index contributed by atoms with van der Waals surface area (Å²) in [4.78, 5) is 22.3. The Balaban J connectivity index is 2.55. The summed E-state index contributed by atoms with van der Waals surface area (Å²) >= 11 is 0. The number of Topliss-reactive ketones (excluding diaryl/α,β-unsaturated/α-hetero) is 1. The molecular formula is C11H15N3O2. The normalized spacial score (nSPS) is 9.62. The topological polar surface area (TPSA) is 84.2 Å². The van der Waals surface area contributed by atoms with Gasteiger partial charge in [-0.15, -0.1) is 0 Å². The standard InChI is InChI=1S/C11H15N3O2/c1-8(15)9-2-4-10(5-3-9)14-11(16)13-7-6-12/h2-5H,6-7,12H2,1H3,(H2,13,14,16). The Morgan fingerprint density at radius 3 is 2.38 bits per heavy atom. The molecule has 0 unspecified atom stereocenters. The smallest absolute Gasteiger partial charge is 0.319 e. The molecule has 0 fully saturated rings. The molecule has 1 rings (SSSR count). The largest absolute Gasteiger partial charge is 0.337 e. The van der Waals surface area contributed by atoms with Gasteiger partial charge in [0.25, 0.3) is 0 Å². The van der Waals surface area contributed by atoms with E-state index in [1.807, 2.05) is 0 Å². The van der Waals surface area contributed by atoms with E-state index < -0.39 is 0 Å². The predicted octanol–water partition coefficient (Wildman–Crippen LogP) is 0.969. The molecule has 4 N–H and O–H groups in total. The van der Waals surface area contributed by atoms with E-state index in [1.54, 1.807) is 24.3 Å². The van der Waals surface area contributed by atoms with E-state index in [4.69, 9.17) is 5.73 Å². The molecule has 0 aliphatic carbocycles. The molecule has 0 atom stereocenters. The molecule has 0 radical (unpaired) electrons. The highest BCUT2D eigenvalue weighted by Crippen LogP contribution is 2.09. The van der Waals surface area contributed by atoms with E-state index in [0.29, 0.717) is 24.3 Å². The van der Waals surface area contributed by atoms with Crippen LogP contribution in [0.25, 0.3) is 0 Å². The Bertz CT molecular complexity index is 373. The number of hydrogen-bond acceptors (Lipinski definition) is 3. The Kier molecular flexibility index (Phi) is 4.47. The first-order chi connectivity index (χ1) is 7.63. The maximum atomic E-state index is 11.2. The van der Waals surface area contributed by atoms with Crippen molar-refractivity contribution in [2.24, 2.45) is 5.73 Å². The lowest BCUT2D eigenvalue weighted by Crippen LogP contribution is -2.32. The lowest BCUT2D eigenvalue weighted by atomic mass is 10.1. The monoisotopic (exact) mass is 221 g/mol. The third kappa shape index (κ3) is 3.70. The van der Waals surface area contributed by atoms with Gasteiger partial charge < -0.3 is 16.4 Å². The van der Waals surface area contributed by atoms with Crippen LogP contribution >= 0.6 is 0 Å². The van der Waals surface area contributed by atoms with Crippen molar-refractivity contribution in [2.75, 3.05) is 18.4 Å². The molecule has 0 heterocycles. The van der Waals surface area contributed by atoms with E-state index in [0.717, 1.165) is 0 Å². The summed E-state index contributed by atoms with van der Waals surface area (Å²) in [6.45, 7) is 2.32. The van der Waals surface area contributed by atoms with Crippen molar-refractivity contribution in [1.82, 2.24) is 5.32 Å². The molecule has 16 heavy (non-hydrogen) atoms. The van der Waals surface area contributed by atoms with Gasteiger partial charge in [-0.25, -0.2) is 4.79 Å². The molecule has 5 heteroatoms. The van der Waals surface area contributed by atoms with Crippen molar-refractivity contribution in [3.05, 3.63) is 29.8 Å². The van der Waals surface area contributed by atoms with Gasteiger partial charge >= 0.3 is 6.03 Å². The quantitative estimate of drug-likeness (QED) is 0.662. The number of hydrogen-bond donors (Lipinski definition) is 3. The molecule has 2 amide bonds. The second kappa shape index (κ2) is 5.87. The van der Waals surface area contributed by atoms with E-state index in [2.05, 4.69) is 10.6 Å². The summed E-state index contributed by atoms with van der Waals surface area (Å²) in [5.74, 6) is -0.000803. The van der Waals surface area contributed by atoms with Crippen LogP contribution in [0.3, 0.4) is 0 Å². The van der Waals surface area contributed by atoms with Crippen LogP contribution in [0.2, 0.25) is 0 Å². The number of benzene rings is 1. The van der Waals surface area contributed by atoms with Crippen molar-refractivity contribution in [2.45, 2.75) is 6.92 Å². The average molecular weight is 221 g/mol. The number of carbonyl (C=O) groups excluding carboxylic acids is 2. The number of carbonyl (C=O) groups is 2. The van der Waals surface area contributed by atoms with Crippen LogP contribution in [0.15, 0.2) is 24.3 Å². The van der Waals surface area contributed by atoms with Crippen LogP contribution < -0.4 is 16.4 Å². The van der Waals surface area contributed by atoms with Gasteiger partial charge in [-0.05, 0) is 31.2 Å². The first kappa shape index (κ1) is 12.2. The molecular weight excluding hydrogens is 206 g/mol. The summed E-state index contributed by atoms with van der Waals surface area (Å²) in [7, 11) is 0. The molecule has 0 saturated heterocycles. The second-order valence-corrected chi connectivity index (χ2v) is 3.30. The zero-order valence-electron chi connectivity index (χ0n) is 9.12. The summed E-state index contributed by atoms with van der Waals surface area (Å²) in [5.41, 5.74) is 6.50. The summed E-state index contributed by atoms with van der Waals surface area (Å²) in [6.07, 6.45) is 0. The minimum Gasteiger partial charge on any atom is -0.337 e. The molecule has 0 aromatic heterocycles. The van der Waals surface area contributed by atoms with Gasteiger partial charge in [0.15, 0.2) is 5.78 Å². The van der Waals surface area contributed by atoms with Gasteiger partial charge in [0, 0.05) is 24.3 Å². The number of anilines is 1. The SMILES string of the molecule is CC(=O)c1ccc(NC(=O)NCCN)cc1. The third-order valence-corrected chi connectivity index (χ3v) is 1.98. The van der Waals surface area contributed by atoms with Crippen LogP contribution in [0, 0.1) is 0 Å². The summed E-state index contributed by atoms with van der Waals surface area (Å²) in [5, 5.41) is 5.20. The zero-order valence-corrected chi connectivity index (χ0v) is 9.12. The lowest BCUT2D eigenvalue weighted by Gasteiger charge is -2.06. The van der Waals surface area contributed by atoms with Crippen molar-refractivity contribution >= 4 is 17.5 Å². The minimum atomic E-state index is -0.305. The van der Waals surface area contributed by atoms with Crippen LogP contribution in [0.1, 0.15) is 17.3 Å². The molecule has 1 aromatic carbocycles. The zero-order chi connectivity index (χ0) is 12.0. The molecule has 0 spiro atoms. The first-order valence-corrected chi connectivity index (χ1v) is 4.99. The van der Waals surface area contributed by atoms with E-state index >= 15 is 0 Å². The second-order valence-electron chi connectivity index (χ2n) is 3.30. The fraction of sp³-hybridized carbons (Fsp3) is 0.273. The van der Waals surface area contributed by atoms with E-state index in [1.165, 1.54) is 6.92 Å². The Morgan fingerprint density at radius 1 is 1.25 bits per heavy atom. The molecule has 0 aliphatic rings. The number of rotatable bonds is 4. The van der Waals surface area contributed by atoms with Crippen molar-refractivity contribution in [3.8, 4) is 0 Å². The third-order valence-electron chi connectivity index (χ3n) is 1.98. The molecule has 86 valence electrons. The van der Waals surface area contributed by atoms with Crippen molar-refractivity contribution < 1.29 is 9.59 Å². The van der Waals surface area contributed by atoms with Gasteiger partial charge in [-0.1, -0.05) is 0 Å². The van der Waals surface area contributed by atoms with Crippen LogP contribution in [-0.2, 0) is 0 Å². The van der Waals surface area contributed by atoms with E-state index in [9.17, 15) is 9.59 Å². The maximum Gasteiger partial charge on any atom is 0.319 e. The Morgan fingerprint density at radius 2 is 1.88 bits per heavy atom. The lowest BCUT2D eigenvalue weighted by molar-refractivity contribution is 0.101.